The van der Waals surface area contributed by atoms with E-state index in [2.05, 4.69) is 103 Å². The van der Waals surface area contributed by atoms with Crippen LogP contribution in [-0.2, 0) is 0 Å². The lowest BCUT2D eigenvalue weighted by Gasteiger charge is -2.42. The summed E-state index contributed by atoms with van der Waals surface area (Å²) < 4.78 is 6.77. The predicted molar refractivity (Wildman–Crippen MR) is 135 cm³/mol. The van der Waals surface area contributed by atoms with Gasteiger partial charge in [-0.05, 0) is 58.4 Å². The third kappa shape index (κ3) is 4.72. The van der Waals surface area contributed by atoms with E-state index in [1.807, 2.05) is 12.1 Å². The van der Waals surface area contributed by atoms with Gasteiger partial charge in [0.15, 0.2) is 0 Å². The highest BCUT2D eigenvalue weighted by Gasteiger charge is 2.46. The van der Waals surface area contributed by atoms with Crippen LogP contribution in [0.15, 0.2) is 66.7 Å². The predicted octanol–water partition coefficient (Wildman–Crippen LogP) is 8.59. The number of hydrogen-bond acceptors (Lipinski definition) is 2. The van der Waals surface area contributed by atoms with Crippen LogP contribution in [0.4, 0.5) is 0 Å². The van der Waals surface area contributed by atoms with E-state index in [4.69, 9.17) is 4.43 Å². The highest BCUT2D eigenvalue weighted by molar-refractivity contribution is 6.78. The second kappa shape index (κ2) is 9.31. The van der Waals surface area contributed by atoms with Crippen molar-refractivity contribution in [1.29, 1.82) is 0 Å². The van der Waals surface area contributed by atoms with Crippen LogP contribution in [0.25, 0.3) is 22.3 Å². The van der Waals surface area contributed by atoms with Gasteiger partial charge in [-0.25, -0.2) is 0 Å². The zero-order chi connectivity index (χ0) is 22.8. The minimum absolute atomic E-state index is 0.294. The summed E-state index contributed by atoms with van der Waals surface area (Å²) in [7, 11) is -1.97. The molecule has 0 aliphatic heterocycles. The van der Waals surface area contributed by atoms with Gasteiger partial charge in [-0.2, -0.15) is 0 Å². The molecule has 0 bridgehead atoms. The molecular weight excluding hydrogens is 396 g/mol. The minimum atomic E-state index is -1.97. The van der Waals surface area contributed by atoms with Crippen molar-refractivity contribution in [1.82, 2.24) is 0 Å². The summed E-state index contributed by atoms with van der Waals surface area (Å²) >= 11 is 0. The summed E-state index contributed by atoms with van der Waals surface area (Å²) in [5.41, 5.74) is 6.78. The molecule has 0 amide bonds. The number of aromatic hydroxyl groups is 1. The molecule has 3 aromatic carbocycles. The summed E-state index contributed by atoms with van der Waals surface area (Å²) in [5, 5.41) is 10.7. The molecule has 0 aromatic heterocycles. The Kier molecular flexibility index (Phi) is 6.95. The number of aryl methyl sites for hydroxylation is 1. The fraction of sp³-hybridized carbons (Fsp3) is 0.357. The Morgan fingerprint density at radius 2 is 1.13 bits per heavy atom. The molecule has 3 heteroatoms. The van der Waals surface area contributed by atoms with Crippen molar-refractivity contribution in [3.05, 3.63) is 72.3 Å². The van der Waals surface area contributed by atoms with Gasteiger partial charge >= 0.3 is 0 Å². The van der Waals surface area contributed by atoms with Crippen LogP contribution >= 0.6 is 0 Å². The molecular formula is C28H36O2Si. The molecule has 3 aromatic rings. The largest absolute Gasteiger partial charge is 0.543 e. The maximum Gasteiger partial charge on any atom is 0.258 e. The molecule has 2 nitrogen and oxygen atoms in total. The van der Waals surface area contributed by atoms with Crippen molar-refractivity contribution >= 4 is 8.32 Å². The Bertz CT molecular complexity index is 980. The van der Waals surface area contributed by atoms with Crippen molar-refractivity contribution in [3.8, 4) is 33.8 Å². The number of rotatable bonds is 7. The summed E-state index contributed by atoms with van der Waals surface area (Å²) in [5.74, 6) is 1.23. The Balaban J connectivity index is 1.86. The molecule has 0 aliphatic carbocycles. The van der Waals surface area contributed by atoms with Crippen molar-refractivity contribution in [3.63, 3.8) is 0 Å². The fourth-order valence-electron chi connectivity index (χ4n) is 4.96. The lowest BCUT2D eigenvalue weighted by atomic mass is 9.98. The van der Waals surface area contributed by atoms with Crippen LogP contribution in [-0.4, -0.2) is 13.4 Å². The monoisotopic (exact) mass is 432 g/mol. The van der Waals surface area contributed by atoms with Gasteiger partial charge in [-0.15, -0.1) is 0 Å². The van der Waals surface area contributed by atoms with Gasteiger partial charge in [-0.3, -0.25) is 0 Å². The van der Waals surface area contributed by atoms with E-state index >= 15 is 0 Å². The molecule has 0 atom stereocenters. The van der Waals surface area contributed by atoms with E-state index in [0.717, 1.165) is 28.0 Å². The van der Waals surface area contributed by atoms with Gasteiger partial charge in [0, 0.05) is 5.56 Å². The van der Waals surface area contributed by atoms with Gasteiger partial charge in [0.2, 0.25) is 0 Å². The van der Waals surface area contributed by atoms with E-state index in [1.54, 1.807) is 0 Å². The van der Waals surface area contributed by atoms with Crippen LogP contribution < -0.4 is 4.43 Å². The summed E-state index contributed by atoms with van der Waals surface area (Å²) in [6, 6.07) is 22.5. The molecule has 3 rings (SSSR count). The quantitative estimate of drug-likeness (QED) is 0.379. The number of phenolic OH excluding ortho intramolecular Hbond substituents is 1. The second-order valence-corrected chi connectivity index (χ2v) is 14.9. The summed E-state index contributed by atoms with van der Waals surface area (Å²) in [6.07, 6.45) is 0. The molecule has 1 N–H and O–H groups in total. The standard InChI is InChI=1S/C28H36O2Si/c1-19(2)31(20(3)4,21(5)6)30-26-15-12-24(13-16-26)27-17-14-25(18-28(27)29)23-10-8-22(7)9-11-23/h8-21,29H,1-7H3. The molecule has 0 aliphatic rings. The Morgan fingerprint density at radius 3 is 1.61 bits per heavy atom. The normalized spacial score (nSPS) is 12.1. The van der Waals surface area contributed by atoms with E-state index in [-0.39, 0.29) is 0 Å². The Labute approximate surface area is 189 Å². The first kappa shape index (κ1) is 23.1. The smallest absolute Gasteiger partial charge is 0.258 e. The Hall–Kier alpha value is -2.52. The second-order valence-electron chi connectivity index (χ2n) is 9.54. The first-order chi connectivity index (χ1) is 14.6. The third-order valence-corrected chi connectivity index (χ3v) is 12.6. The molecule has 0 unspecified atom stereocenters. The number of phenols is 1. The first-order valence-corrected chi connectivity index (χ1v) is 13.5. The molecule has 0 heterocycles. The van der Waals surface area contributed by atoms with Crippen molar-refractivity contribution in [2.45, 2.75) is 65.1 Å². The first-order valence-electron chi connectivity index (χ1n) is 11.3. The molecule has 0 saturated carbocycles. The van der Waals surface area contributed by atoms with E-state index in [0.29, 0.717) is 22.4 Å². The third-order valence-electron chi connectivity index (χ3n) is 6.55. The van der Waals surface area contributed by atoms with Crippen LogP contribution in [0.1, 0.15) is 47.1 Å². The van der Waals surface area contributed by atoms with E-state index < -0.39 is 8.32 Å². The fourth-order valence-corrected chi connectivity index (χ4v) is 10.2. The van der Waals surface area contributed by atoms with Crippen LogP contribution in [0.2, 0.25) is 16.6 Å². The molecule has 31 heavy (non-hydrogen) atoms. The van der Waals surface area contributed by atoms with Gasteiger partial charge in [0.1, 0.15) is 11.5 Å². The average molecular weight is 433 g/mol. The van der Waals surface area contributed by atoms with Crippen molar-refractivity contribution < 1.29 is 9.53 Å². The van der Waals surface area contributed by atoms with Gasteiger partial charge in [-0.1, -0.05) is 95.6 Å². The van der Waals surface area contributed by atoms with Crippen molar-refractivity contribution in [2.24, 2.45) is 0 Å². The lowest BCUT2D eigenvalue weighted by Crippen LogP contribution is -2.50. The SMILES string of the molecule is Cc1ccc(-c2ccc(-c3ccc(O[Si](C(C)C)(C(C)C)C(C)C)cc3)c(O)c2)cc1. The van der Waals surface area contributed by atoms with Crippen LogP contribution in [0.3, 0.4) is 0 Å². The number of benzene rings is 3. The van der Waals surface area contributed by atoms with Gasteiger partial charge in [0.05, 0.1) is 0 Å². The topological polar surface area (TPSA) is 29.5 Å². The zero-order valence-electron chi connectivity index (χ0n) is 19.9. The van der Waals surface area contributed by atoms with E-state index in [9.17, 15) is 5.11 Å². The van der Waals surface area contributed by atoms with Crippen LogP contribution in [0.5, 0.6) is 11.5 Å². The highest BCUT2D eigenvalue weighted by Crippen LogP contribution is 2.43. The maximum absolute atomic E-state index is 10.7. The zero-order valence-corrected chi connectivity index (χ0v) is 20.9. The maximum atomic E-state index is 10.7. The molecule has 0 spiro atoms. The molecule has 0 radical (unpaired) electrons. The summed E-state index contributed by atoms with van der Waals surface area (Å²) in [6.45, 7) is 15.9. The number of hydrogen-bond donors (Lipinski definition) is 1. The average Bonchev–Trinajstić information content (AvgIpc) is 2.72. The van der Waals surface area contributed by atoms with Gasteiger partial charge in [0.25, 0.3) is 8.32 Å². The molecule has 164 valence electrons. The van der Waals surface area contributed by atoms with Crippen molar-refractivity contribution in [2.75, 3.05) is 0 Å². The van der Waals surface area contributed by atoms with E-state index in [1.165, 1.54) is 5.56 Å². The summed E-state index contributed by atoms with van der Waals surface area (Å²) in [4.78, 5) is 0. The molecule has 0 fully saturated rings. The lowest BCUT2D eigenvalue weighted by molar-refractivity contribution is 0.477. The van der Waals surface area contributed by atoms with Gasteiger partial charge < -0.3 is 9.53 Å². The molecule has 0 saturated heterocycles. The van der Waals surface area contributed by atoms with Crippen LogP contribution in [0, 0.1) is 6.92 Å². The highest BCUT2D eigenvalue weighted by atomic mass is 28.4. The minimum Gasteiger partial charge on any atom is -0.543 e. The Morgan fingerprint density at radius 1 is 0.645 bits per heavy atom.